The van der Waals surface area contributed by atoms with E-state index in [0.717, 1.165) is 22.5 Å². The summed E-state index contributed by atoms with van der Waals surface area (Å²) in [6.45, 7) is 5.46. The fourth-order valence-electron chi connectivity index (χ4n) is 1.84. The van der Waals surface area contributed by atoms with Crippen molar-refractivity contribution >= 4 is 38.6 Å². The summed E-state index contributed by atoms with van der Waals surface area (Å²) in [4.78, 5) is 3.92. The fraction of sp³-hybridized carbons (Fsp3) is 0.250. The molecule has 0 unspecified atom stereocenters. The summed E-state index contributed by atoms with van der Waals surface area (Å²) in [6.07, 6.45) is 0. The lowest BCUT2D eigenvalue weighted by Gasteiger charge is -2.08. The van der Waals surface area contributed by atoms with Crippen LogP contribution in [0.3, 0.4) is 0 Å². The Morgan fingerprint density at radius 2 is 1.74 bits per heavy atom. The maximum absolute atomic E-state index is 12.3. The molecule has 0 fully saturated rings. The molecule has 7 heteroatoms. The Kier molecular flexibility index (Phi) is 3.85. The second kappa shape index (κ2) is 5.11. The van der Waals surface area contributed by atoms with Crippen molar-refractivity contribution in [1.82, 2.24) is 4.98 Å². The average molecular weight is 317 g/mol. The number of aryl methyl sites for hydroxylation is 3. The largest absolute Gasteiger partial charge is 0.279 e. The summed E-state index contributed by atoms with van der Waals surface area (Å²) in [6, 6.07) is 5.54. The lowest BCUT2D eigenvalue weighted by Crippen LogP contribution is -2.12. The van der Waals surface area contributed by atoms with E-state index < -0.39 is 10.0 Å². The van der Waals surface area contributed by atoms with Crippen LogP contribution >= 0.6 is 22.9 Å². The molecule has 0 atom stereocenters. The van der Waals surface area contributed by atoms with Crippen molar-refractivity contribution in [3.8, 4) is 0 Å². The molecule has 1 N–H and O–H groups in total. The number of hydrogen-bond donors (Lipinski definition) is 1. The Morgan fingerprint density at radius 3 is 2.21 bits per heavy atom. The minimum Gasteiger partial charge on any atom is -0.279 e. The number of thiazole rings is 1. The van der Waals surface area contributed by atoms with Crippen molar-refractivity contribution in [2.75, 3.05) is 4.72 Å². The van der Waals surface area contributed by atoms with Crippen LogP contribution in [0.15, 0.2) is 22.4 Å². The van der Waals surface area contributed by atoms with E-state index in [0.29, 0.717) is 11.4 Å². The number of aromatic nitrogens is 1. The molecule has 0 saturated carbocycles. The van der Waals surface area contributed by atoms with Crippen LogP contribution in [0.5, 0.6) is 0 Å². The summed E-state index contributed by atoms with van der Waals surface area (Å²) in [5, 5.41) is 0. The number of sulfonamides is 1. The first-order valence-corrected chi connectivity index (χ1v) is 8.20. The molecule has 2 rings (SSSR count). The SMILES string of the molecule is Cc1cc(C)cc(NS(=O)(=O)c2sc(Cl)nc2C)c1. The maximum atomic E-state index is 12.3. The molecule has 0 aliphatic rings. The first-order valence-electron chi connectivity index (χ1n) is 5.52. The summed E-state index contributed by atoms with van der Waals surface area (Å²) in [5.74, 6) is 0. The summed E-state index contributed by atoms with van der Waals surface area (Å²) >= 11 is 6.69. The molecular weight excluding hydrogens is 304 g/mol. The molecule has 102 valence electrons. The standard InChI is InChI=1S/C12H13ClN2O2S2/c1-7-4-8(2)6-10(5-7)15-19(16,17)11-9(3)14-12(13)18-11/h4-6,15H,1-3H3. The third kappa shape index (κ3) is 3.26. The number of nitrogens with zero attached hydrogens (tertiary/aromatic N) is 1. The van der Waals surface area contributed by atoms with Gasteiger partial charge in [-0.2, -0.15) is 0 Å². The number of anilines is 1. The number of benzene rings is 1. The van der Waals surface area contributed by atoms with Crippen LogP contribution in [-0.4, -0.2) is 13.4 Å². The van der Waals surface area contributed by atoms with Gasteiger partial charge in [-0.1, -0.05) is 29.0 Å². The number of nitrogens with one attached hydrogen (secondary N) is 1. The van der Waals surface area contributed by atoms with E-state index in [-0.39, 0.29) is 8.68 Å². The average Bonchev–Trinajstić information content (AvgIpc) is 2.56. The Labute approximate surface area is 121 Å². The summed E-state index contributed by atoms with van der Waals surface area (Å²) in [7, 11) is -3.64. The third-order valence-electron chi connectivity index (χ3n) is 2.45. The summed E-state index contributed by atoms with van der Waals surface area (Å²) in [5.41, 5.74) is 2.95. The third-order valence-corrected chi connectivity index (χ3v) is 5.70. The van der Waals surface area contributed by atoms with Gasteiger partial charge in [0.25, 0.3) is 10.0 Å². The van der Waals surface area contributed by atoms with Crippen molar-refractivity contribution in [2.24, 2.45) is 0 Å². The molecule has 19 heavy (non-hydrogen) atoms. The molecular formula is C12H13ClN2O2S2. The van der Waals surface area contributed by atoms with E-state index in [9.17, 15) is 8.42 Å². The van der Waals surface area contributed by atoms with Gasteiger partial charge >= 0.3 is 0 Å². The molecule has 0 spiro atoms. The first-order chi connectivity index (χ1) is 8.78. The molecule has 4 nitrogen and oxygen atoms in total. The van der Waals surface area contributed by atoms with Gasteiger partial charge in [0.2, 0.25) is 0 Å². The van der Waals surface area contributed by atoms with Crippen molar-refractivity contribution in [3.63, 3.8) is 0 Å². The molecule has 0 aliphatic carbocycles. The summed E-state index contributed by atoms with van der Waals surface area (Å²) < 4.78 is 27.4. The molecule has 0 bridgehead atoms. The van der Waals surface area contributed by atoms with Crippen LogP contribution in [0, 0.1) is 20.8 Å². The Bertz CT molecular complexity index is 703. The highest BCUT2D eigenvalue weighted by Gasteiger charge is 2.21. The van der Waals surface area contributed by atoms with Gasteiger partial charge < -0.3 is 0 Å². The van der Waals surface area contributed by atoms with E-state index in [4.69, 9.17) is 11.6 Å². The highest BCUT2D eigenvalue weighted by atomic mass is 35.5. The lowest BCUT2D eigenvalue weighted by atomic mass is 10.1. The van der Waals surface area contributed by atoms with E-state index in [1.54, 1.807) is 19.1 Å². The number of halogens is 1. The molecule has 0 aliphatic heterocycles. The van der Waals surface area contributed by atoms with Gasteiger partial charge in [0.05, 0.1) is 5.69 Å². The normalized spacial score (nSPS) is 11.6. The molecule has 1 heterocycles. The zero-order chi connectivity index (χ0) is 14.2. The van der Waals surface area contributed by atoms with Gasteiger partial charge in [0.15, 0.2) is 8.68 Å². The van der Waals surface area contributed by atoms with Gasteiger partial charge in [-0.15, -0.1) is 0 Å². The predicted molar refractivity (Wildman–Crippen MR) is 78.6 cm³/mol. The zero-order valence-electron chi connectivity index (χ0n) is 10.7. The van der Waals surface area contributed by atoms with Crippen LogP contribution in [-0.2, 0) is 10.0 Å². The van der Waals surface area contributed by atoms with Crippen LogP contribution in [0.1, 0.15) is 16.8 Å². The highest BCUT2D eigenvalue weighted by molar-refractivity contribution is 7.94. The second-order valence-corrected chi connectivity index (χ2v) is 7.78. The highest BCUT2D eigenvalue weighted by Crippen LogP contribution is 2.28. The van der Waals surface area contributed by atoms with Gasteiger partial charge in [0.1, 0.15) is 0 Å². The van der Waals surface area contributed by atoms with Crippen molar-refractivity contribution in [3.05, 3.63) is 39.5 Å². The first kappa shape index (κ1) is 14.3. The van der Waals surface area contributed by atoms with Crippen molar-refractivity contribution in [2.45, 2.75) is 25.0 Å². The number of rotatable bonds is 3. The Morgan fingerprint density at radius 1 is 1.16 bits per heavy atom. The molecule has 1 aromatic carbocycles. The van der Waals surface area contributed by atoms with Gasteiger partial charge in [-0.25, -0.2) is 13.4 Å². The minimum atomic E-state index is -3.64. The smallest absolute Gasteiger partial charge is 0.273 e. The second-order valence-electron chi connectivity index (χ2n) is 4.32. The van der Waals surface area contributed by atoms with E-state index >= 15 is 0 Å². The molecule has 2 aromatic rings. The quantitative estimate of drug-likeness (QED) is 0.942. The molecule has 0 radical (unpaired) electrons. The van der Waals surface area contributed by atoms with E-state index in [2.05, 4.69) is 9.71 Å². The lowest BCUT2D eigenvalue weighted by molar-refractivity contribution is 0.602. The van der Waals surface area contributed by atoms with Crippen molar-refractivity contribution in [1.29, 1.82) is 0 Å². The van der Waals surface area contributed by atoms with Gasteiger partial charge in [-0.3, -0.25) is 4.72 Å². The maximum Gasteiger partial charge on any atom is 0.273 e. The Hall–Kier alpha value is -1.11. The fourth-order valence-corrected chi connectivity index (χ4v) is 4.62. The van der Waals surface area contributed by atoms with Crippen LogP contribution in [0.4, 0.5) is 5.69 Å². The van der Waals surface area contributed by atoms with Crippen LogP contribution in [0.25, 0.3) is 0 Å². The van der Waals surface area contributed by atoms with Crippen molar-refractivity contribution < 1.29 is 8.42 Å². The van der Waals surface area contributed by atoms with Crippen LogP contribution in [0.2, 0.25) is 4.47 Å². The van der Waals surface area contributed by atoms with E-state index in [1.807, 2.05) is 19.9 Å². The minimum absolute atomic E-state index is 0.150. The molecule has 0 saturated heterocycles. The van der Waals surface area contributed by atoms with Crippen LogP contribution < -0.4 is 4.72 Å². The van der Waals surface area contributed by atoms with Gasteiger partial charge in [0, 0.05) is 5.69 Å². The van der Waals surface area contributed by atoms with E-state index in [1.165, 1.54) is 0 Å². The Balaban J connectivity index is 2.39. The molecule has 1 aromatic heterocycles. The molecule has 0 amide bonds. The number of hydrogen-bond acceptors (Lipinski definition) is 4. The zero-order valence-corrected chi connectivity index (χ0v) is 13.1. The predicted octanol–water partition coefficient (Wildman–Crippen LogP) is 3.52. The monoisotopic (exact) mass is 316 g/mol. The topological polar surface area (TPSA) is 59.1 Å². The van der Waals surface area contributed by atoms with Gasteiger partial charge in [-0.05, 0) is 44.0 Å².